The Kier molecular flexibility index (Phi) is 4.86. The minimum Gasteiger partial charge on any atom is -0.482 e. The largest absolute Gasteiger partial charge is 0.482 e. The van der Waals surface area contributed by atoms with Crippen molar-refractivity contribution < 1.29 is 14.3 Å². The molecule has 2 aromatic carbocycles. The summed E-state index contributed by atoms with van der Waals surface area (Å²) >= 11 is 0. The second-order valence-electron chi connectivity index (χ2n) is 7.83. The van der Waals surface area contributed by atoms with E-state index in [4.69, 9.17) is 19.4 Å². The summed E-state index contributed by atoms with van der Waals surface area (Å²) in [5.41, 5.74) is 3.62. The maximum Gasteiger partial charge on any atom is 0.222 e. The van der Waals surface area contributed by atoms with E-state index in [1.54, 1.807) is 7.11 Å². The maximum absolute atomic E-state index is 13.4. The Hall–Kier alpha value is -3.73. The molecule has 4 aromatic rings. The van der Waals surface area contributed by atoms with Crippen molar-refractivity contribution in [3.8, 4) is 22.9 Å². The van der Waals surface area contributed by atoms with E-state index in [9.17, 15) is 4.79 Å². The lowest BCUT2D eigenvalue weighted by molar-refractivity contribution is 0.0663. The van der Waals surface area contributed by atoms with Crippen LogP contribution in [-0.4, -0.2) is 29.0 Å². The molecular weight excluding hydrogens is 388 g/mol. The van der Waals surface area contributed by atoms with Crippen LogP contribution in [0.4, 0.5) is 0 Å². The number of methoxy groups -OCH3 is 1. The Morgan fingerprint density at radius 3 is 2.48 bits per heavy atom. The Morgan fingerprint density at radius 2 is 1.68 bits per heavy atom. The van der Waals surface area contributed by atoms with Gasteiger partial charge in [-0.2, -0.15) is 0 Å². The van der Waals surface area contributed by atoms with Gasteiger partial charge >= 0.3 is 0 Å². The predicted octanol–water partition coefficient (Wildman–Crippen LogP) is 5.13. The summed E-state index contributed by atoms with van der Waals surface area (Å²) in [6.07, 6.45) is 0.0860. The number of para-hydroxylation sites is 2. The highest BCUT2D eigenvalue weighted by atomic mass is 16.5. The Labute approximate surface area is 180 Å². The lowest BCUT2D eigenvalue weighted by Crippen LogP contribution is -2.40. The summed E-state index contributed by atoms with van der Waals surface area (Å²) in [5, 5.41) is 1.05. The molecule has 0 saturated heterocycles. The number of fused-ring (bicyclic) bond motifs is 2. The number of nitrogens with zero attached hydrogens (tertiary/aromatic N) is 2. The van der Waals surface area contributed by atoms with Crippen molar-refractivity contribution in [1.29, 1.82) is 0 Å². The van der Waals surface area contributed by atoms with E-state index in [-0.39, 0.29) is 11.7 Å². The minimum atomic E-state index is -0.553. The molecule has 2 heterocycles. The van der Waals surface area contributed by atoms with Crippen LogP contribution in [0.3, 0.4) is 0 Å². The molecule has 2 atom stereocenters. The average molecular weight is 410 g/mol. The lowest BCUT2D eigenvalue weighted by Gasteiger charge is -2.30. The molecule has 0 aliphatic heterocycles. The van der Waals surface area contributed by atoms with E-state index in [0.29, 0.717) is 29.2 Å². The third kappa shape index (κ3) is 3.52. The molecule has 0 radical (unpaired) electrons. The van der Waals surface area contributed by atoms with Gasteiger partial charge in [-0.05, 0) is 36.8 Å². The van der Waals surface area contributed by atoms with Gasteiger partial charge in [0, 0.05) is 16.9 Å². The predicted molar refractivity (Wildman–Crippen MR) is 120 cm³/mol. The van der Waals surface area contributed by atoms with E-state index in [2.05, 4.69) is 0 Å². The van der Waals surface area contributed by atoms with E-state index < -0.39 is 6.10 Å². The molecule has 0 N–H and O–H groups in total. The Morgan fingerprint density at radius 1 is 0.903 bits per heavy atom. The number of hydrogen-bond acceptors (Lipinski definition) is 5. The summed E-state index contributed by atoms with van der Waals surface area (Å²) in [6.45, 7) is 2.02. The van der Waals surface area contributed by atoms with Crippen molar-refractivity contribution in [2.45, 2.75) is 19.4 Å². The molecule has 31 heavy (non-hydrogen) atoms. The molecule has 1 aliphatic rings. The molecule has 0 saturated carbocycles. The molecule has 154 valence electrons. The first-order valence-electron chi connectivity index (χ1n) is 10.3. The van der Waals surface area contributed by atoms with E-state index in [0.717, 1.165) is 22.3 Å². The van der Waals surface area contributed by atoms with Crippen molar-refractivity contribution in [3.63, 3.8) is 0 Å². The van der Waals surface area contributed by atoms with Crippen LogP contribution in [0.1, 0.15) is 23.0 Å². The zero-order chi connectivity index (χ0) is 21.4. The summed E-state index contributed by atoms with van der Waals surface area (Å²) in [7, 11) is 1.59. The SMILES string of the molecule is COc1nc2c(cc1-c1ccc3ccccc3n1)C(=O)[C@@H](Oc1ccccc1)[C@H](C)C2. The van der Waals surface area contributed by atoms with Crippen LogP contribution in [0.5, 0.6) is 11.6 Å². The normalized spacial score (nSPS) is 17.9. The molecule has 0 spiro atoms. The number of rotatable bonds is 4. The van der Waals surface area contributed by atoms with Gasteiger partial charge in [0.1, 0.15) is 5.75 Å². The second-order valence-corrected chi connectivity index (χ2v) is 7.83. The maximum atomic E-state index is 13.4. The van der Waals surface area contributed by atoms with Crippen molar-refractivity contribution >= 4 is 16.7 Å². The van der Waals surface area contributed by atoms with Gasteiger partial charge in [-0.3, -0.25) is 4.79 Å². The van der Waals surface area contributed by atoms with E-state index in [1.807, 2.05) is 79.7 Å². The Bertz CT molecular complexity index is 1270. The monoisotopic (exact) mass is 410 g/mol. The molecule has 5 nitrogen and oxygen atoms in total. The third-order valence-corrected chi connectivity index (χ3v) is 5.70. The number of carbonyl (C=O) groups excluding carboxylic acids is 1. The van der Waals surface area contributed by atoms with Crippen LogP contribution < -0.4 is 9.47 Å². The number of ether oxygens (including phenoxy) is 2. The summed E-state index contributed by atoms with van der Waals surface area (Å²) in [4.78, 5) is 22.9. The number of ketones is 1. The summed E-state index contributed by atoms with van der Waals surface area (Å²) < 4.78 is 11.6. The standard InChI is InChI=1S/C26H22N2O3/c1-16-14-23-19(24(29)25(16)31-18-9-4-3-5-10-18)15-20(26(28-23)30-2)22-13-12-17-8-6-7-11-21(17)27-22/h3-13,15-16,25H,14H2,1-2H3/t16-,25+/m1/s1. The van der Waals surface area contributed by atoms with Gasteiger partial charge < -0.3 is 9.47 Å². The van der Waals surface area contributed by atoms with Gasteiger partial charge in [0.15, 0.2) is 6.10 Å². The van der Waals surface area contributed by atoms with Crippen LogP contribution in [0.25, 0.3) is 22.2 Å². The van der Waals surface area contributed by atoms with Crippen molar-refractivity contribution in [2.75, 3.05) is 7.11 Å². The molecule has 2 aromatic heterocycles. The van der Waals surface area contributed by atoms with Crippen LogP contribution in [0, 0.1) is 5.92 Å². The number of benzene rings is 2. The highest BCUT2D eigenvalue weighted by molar-refractivity contribution is 6.03. The van der Waals surface area contributed by atoms with Crippen molar-refractivity contribution in [3.05, 3.63) is 84.1 Å². The van der Waals surface area contributed by atoms with Gasteiger partial charge in [-0.15, -0.1) is 0 Å². The minimum absolute atomic E-state index is 0.00190. The summed E-state index contributed by atoms with van der Waals surface area (Å²) in [5.74, 6) is 1.11. The molecule has 0 bridgehead atoms. The fourth-order valence-corrected chi connectivity index (χ4v) is 4.10. The van der Waals surface area contributed by atoms with Crippen LogP contribution in [-0.2, 0) is 6.42 Å². The van der Waals surface area contributed by atoms with Crippen LogP contribution in [0.15, 0.2) is 72.8 Å². The van der Waals surface area contributed by atoms with Gasteiger partial charge in [0.2, 0.25) is 11.7 Å². The van der Waals surface area contributed by atoms with Gasteiger partial charge in [-0.25, -0.2) is 9.97 Å². The first kappa shape index (κ1) is 19.2. The average Bonchev–Trinajstić information content (AvgIpc) is 2.81. The topological polar surface area (TPSA) is 61.3 Å². The van der Waals surface area contributed by atoms with Crippen molar-refractivity contribution in [1.82, 2.24) is 9.97 Å². The number of pyridine rings is 2. The molecule has 5 rings (SSSR count). The van der Waals surface area contributed by atoms with Gasteiger partial charge in [0.05, 0.1) is 29.6 Å². The lowest BCUT2D eigenvalue weighted by atomic mass is 9.83. The van der Waals surface area contributed by atoms with E-state index >= 15 is 0 Å². The molecule has 1 aliphatic carbocycles. The number of Topliss-reactive ketones (excluding diaryl/α,β-unsaturated/α-hetero) is 1. The zero-order valence-corrected chi connectivity index (χ0v) is 17.4. The quantitative estimate of drug-likeness (QED) is 0.467. The highest BCUT2D eigenvalue weighted by Gasteiger charge is 2.36. The van der Waals surface area contributed by atoms with Gasteiger partial charge in [-0.1, -0.05) is 49.4 Å². The smallest absolute Gasteiger partial charge is 0.222 e. The highest BCUT2D eigenvalue weighted by Crippen LogP contribution is 2.35. The van der Waals surface area contributed by atoms with Crippen molar-refractivity contribution in [2.24, 2.45) is 5.92 Å². The van der Waals surface area contributed by atoms with Crippen LogP contribution >= 0.6 is 0 Å². The van der Waals surface area contributed by atoms with Gasteiger partial charge in [0.25, 0.3) is 0 Å². The number of aromatic nitrogens is 2. The third-order valence-electron chi connectivity index (χ3n) is 5.70. The number of hydrogen-bond donors (Lipinski definition) is 0. The number of carbonyl (C=O) groups is 1. The molecule has 5 heteroatoms. The second kappa shape index (κ2) is 7.84. The fourth-order valence-electron chi connectivity index (χ4n) is 4.10. The Balaban J connectivity index is 1.57. The zero-order valence-electron chi connectivity index (χ0n) is 17.4. The van der Waals surface area contributed by atoms with E-state index in [1.165, 1.54) is 0 Å². The first-order chi connectivity index (χ1) is 15.1. The fraction of sp³-hybridized carbons (Fsp3) is 0.192. The first-order valence-corrected chi connectivity index (χ1v) is 10.3. The summed E-state index contributed by atoms with van der Waals surface area (Å²) in [6, 6.07) is 23.2. The van der Waals surface area contributed by atoms with Crippen LogP contribution in [0.2, 0.25) is 0 Å². The molecule has 0 amide bonds. The molecular formula is C26H22N2O3. The molecule has 0 unspecified atom stereocenters. The molecule has 0 fully saturated rings.